The minimum atomic E-state index is -3.60. The quantitative estimate of drug-likeness (QED) is 0.550. The Kier molecular flexibility index (Phi) is 8.53. The zero-order valence-electron chi connectivity index (χ0n) is 17.9. The number of aryl methyl sites for hydroxylation is 1. The van der Waals surface area contributed by atoms with E-state index in [1.807, 2.05) is 38.1 Å². The summed E-state index contributed by atoms with van der Waals surface area (Å²) in [5.74, 6) is 1.10. The normalized spacial score (nSPS) is 11.2. The second-order valence-electron chi connectivity index (χ2n) is 7.23. The van der Waals surface area contributed by atoms with Gasteiger partial charge in [0.05, 0.1) is 25.2 Å². The highest BCUT2D eigenvalue weighted by Crippen LogP contribution is 2.21. The van der Waals surface area contributed by atoms with E-state index in [-0.39, 0.29) is 18.6 Å². The molecule has 0 atom stereocenters. The van der Waals surface area contributed by atoms with E-state index in [0.29, 0.717) is 18.0 Å². The van der Waals surface area contributed by atoms with Crippen LogP contribution in [0, 0.1) is 0 Å². The molecule has 2 aromatic carbocycles. The Morgan fingerprint density at radius 3 is 2.17 bits per heavy atom. The molecule has 1 N–H and O–H groups in total. The van der Waals surface area contributed by atoms with E-state index in [4.69, 9.17) is 9.47 Å². The lowest BCUT2D eigenvalue weighted by molar-refractivity contribution is -0.119. The molecule has 2 aromatic rings. The highest BCUT2D eigenvalue weighted by molar-refractivity contribution is 7.92. The Morgan fingerprint density at radius 1 is 1.03 bits per heavy atom. The number of benzene rings is 2. The number of hydrogen-bond donors (Lipinski definition) is 1. The Hall–Kier alpha value is -2.74. The monoisotopic (exact) mass is 434 g/mol. The third-order valence-corrected chi connectivity index (χ3v) is 5.45. The summed E-state index contributed by atoms with van der Waals surface area (Å²) in [6.45, 7) is 4.15. The molecule has 0 aromatic heterocycles. The number of rotatable bonds is 11. The van der Waals surface area contributed by atoms with Crippen LogP contribution in [0.3, 0.4) is 0 Å². The van der Waals surface area contributed by atoms with Crippen LogP contribution in [0.2, 0.25) is 0 Å². The van der Waals surface area contributed by atoms with E-state index in [0.717, 1.165) is 34.7 Å². The summed E-state index contributed by atoms with van der Waals surface area (Å²) < 4.78 is 36.1. The van der Waals surface area contributed by atoms with E-state index in [9.17, 15) is 13.2 Å². The van der Waals surface area contributed by atoms with Crippen LogP contribution in [0.25, 0.3) is 0 Å². The van der Waals surface area contributed by atoms with Gasteiger partial charge in [0.1, 0.15) is 18.0 Å². The molecule has 0 radical (unpaired) electrons. The van der Waals surface area contributed by atoms with Crippen LogP contribution in [-0.2, 0) is 21.2 Å². The first-order valence-corrected chi connectivity index (χ1v) is 11.7. The predicted octanol–water partition coefficient (Wildman–Crippen LogP) is 3.00. The second-order valence-corrected chi connectivity index (χ2v) is 9.14. The van der Waals surface area contributed by atoms with Crippen LogP contribution in [0.15, 0.2) is 48.5 Å². The fourth-order valence-electron chi connectivity index (χ4n) is 2.86. The van der Waals surface area contributed by atoms with Crippen molar-refractivity contribution < 1.29 is 22.7 Å². The van der Waals surface area contributed by atoms with Crippen LogP contribution in [0.4, 0.5) is 5.69 Å². The third kappa shape index (κ3) is 7.59. The summed E-state index contributed by atoms with van der Waals surface area (Å²) in [6, 6.07) is 14.4. The lowest BCUT2D eigenvalue weighted by Crippen LogP contribution is -2.40. The predicted molar refractivity (Wildman–Crippen MR) is 119 cm³/mol. The molecule has 0 fully saturated rings. The maximum absolute atomic E-state index is 12.3. The molecule has 0 aliphatic rings. The number of carbonyl (C=O) groups is 1. The summed E-state index contributed by atoms with van der Waals surface area (Å²) in [7, 11) is -2.07. The molecule has 30 heavy (non-hydrogen) atoms. The van der Waals surface area contributed by atoms with Gasteiger partial charge in [-0.2, -0.15) is 0 Å². The van der Waals surface area contributed by atoms with Crippen molar-refractivity contribution in [2.24, 2.45) is 0 Å². The fraction of sp³-hybridized carbons (Fsp3) is 0.409. The number of methoxy groups -OCH3 is 1. The first kappa shape index (κ1) is 23.5. The maximum Gasteiger partial charge on any atom is 0.240 e. The van der Waals surface area contributed by atoms with E-state index in [1.54, 1.807) is 24.3 Å². The molecule has 0 aliphatic heterocycles. The molecular formula is C22H30N2O5S. The van der Waals surface area contributed by atoms with Gasteiger partial charge in [0.25, 0.3) is 0 Å². The number of ether oxygens (including phenoxy) is 2. The van der Waals surface area contributed by atoms with Gasteiger partial charge in [-0.15, -0.1) is 0 Å². The van der Waals surface area contributed by atoms with Crippen molar-refractivity contribution in [3.63, 3.8) is 0 Å². The van der Waals surface area contributed by atoms with Crippen molar-refractivity contribution in [1.29, 1.82) is 0 Å². The molecule has 8 heteroatoms. The van der Waals surface area contributed by atoms with Gasteiger partial charge in [0, 0.05) is 6.54 Å². The average Bonchev–Trinajstić information content (AvgIpc) is 2.69. The van der Waals surface area contributed by atoms with Crippen LogP contribution >= 0.6 is 0 Å². The topological polar surface area (TPSA) is 84.9 Å². The summed E-state index contributed by atoms with van der Waals surface area (Å²) in [6.07, 6.45) is 2.76. The molecule has 0 saturated carbocycles. The Balaban J connectivity index is 1.84. The number of hydrogen-bond acceptors (Lipinski definition) is 5. The van der Waals surface area contributed by atoms with Gasteiger partial charge < -0.3 is 14.8 Å². The lowest BCUT2D eigenvalue weighted by Gasteiger charge is -2.22. The van der Waals surface area contributed by atoms with E-state index in [1.165, 1.54) is 7.11 Å². The van der Waals surface area contributed by atoms with Crippen LogP contribution in [0.5, 0.6) is 11.5 Å². The van der Waals surface area contributed by atoms with Gasteiger partial charge in [-0.05, 0) is 68.7 Å². The average molecular weight is 435 g/mol. The number of amides is 1. The summed E-state index contributed by atoms with van der Waals surface area (Å²) in [5, 5.41) is 2.79. The van der Waals surface area contributed by atoms with Crippen LogP contribution in [0.1, 0.15) is 25.8 Å². The van der Waals surface area contributed by atoms with E-state index in [2.05, 4.69) is 5.32 Å². The summed E-state index contributed by atoms with van der Waals surface area (Å²) >= 11 is 0. The second kappa shape index (κ2) is 10.9. The standard InChI is InChI=1S/C22H30N2O5S/c1-17(2)29-21-11-7-18(8-12-21)6-5-15-23-22(25)16-24(30(4,26)27)19-9-13-20(28-3)14-10-19/h7-14,17H,5-6,15-16H2,1-4H3,(H,23,25). The van der Waals surface area contributed by atoms with E-state index < -0.39 is 10.0 Å². The number of carbonyl (C=O) groups excluding carboxylic acids is 1. The van der Waals surface area contributed by atoms with Gasteiger partial charge in [-0.25, -0.2) is 8.42 Å². The lowest BCUT2D eigenvalue weighted by atomic mass is 10.1. The molecular weight excluding hydrogens is 404 g/mol. The first-order valence-electron chi connectivity index (χ1n) is 9.83. The van der Waals surface area contributed by atoms with Gasteiger partial charge in [-0.1, -0.05) is 12.1 Å². The van der Waals surface area contributed by atoms with Gasteiger partial charge >= 0.3 is 0 Å². The van der Waals surface area contributed by atoms with Crippen molar-refractivity contribution in [2.75, 3.05) is 30.8 Å². The van der Waals surface area contributed by atoms with Crippen molar-refractivity contribution in [3.8, 4) is 11.5 Å². The van der Waals surface area contributed by atoms with Gasteiger partial charge in [0.15, 0.2) is 0 Å². The molecule has 164 valence electrons. The van der Waals surface area contributed by atoms with Crippen LogP contribution in [-0.4, -0.2) is 46.9 Å². The minimum Gasteiger partial charge on any atom is -0.497 e. The smallest absolute Gasteiger partial charge is 0.240 e. The van der Waals surface area contributed by atoms with Gasteiger partial charge in [0.2, 0.25) is 15.9 Å². The molecule has 0 unspecified atom stereocenters. The van der Waals surface area contributed by atoms with Crippen molar-refractivity contribution in [2.45, 2.75) is 32.8 Å². The highest BCUT2D eigenvalue weighted by atomic mass is 32.2. The van der Waals surface area contributed by atoms with Crippen molar-refractivity contribution in [3.05, 3.63) is 54.1 Å². The number of nitrogens with zero attached hydrogens (tertiary/aromatic N) is 1. The van der Waals surface area contributed by atoms with Gasteiger partial charge in [-0.3, -0.25) is 9.10 Å². The minimum absolute atomic E-state index is 0.135. The molecule has 0 heterocycles. The maximum atomic E-state index is 12.3. The van der Waals surface area contributed by atoms with Crippen LogP contribution < -0.4 is 19.1 Å². The Morgan fingerprint density at radius 2 is 1.63 bits per heavy atom. The Labute approximate surface area is 179 Å². The van der Waals surface area contributed by atoms with Crippen molar-refractivity contribution in [1.82, 2.24) is 5.32 Å². The summed E-state index contributed by atoms with van der Waals surface area (Å²) in [5.41, 5.74) is 1.56. The third-order valence-electron chi connectivity index (χ3n) is 4.31. The molecule has 1 amide bonds. The fourth-order valence-corrected chi connectivity index (χ4v) is 3.72. The summed E-state index contributed by atoms with van der Waals surface area (Å²) in [4.78, 5) is 12.3. The zero-order valence-corrected chi connectivity index (χ0v) is 18.7. The molecule has 0 saturated heterocycles. The molecule has 0 aliphatic carbocycles. The van der Waals surface area contributed by atoms with E-state index >= 15 is 0 Å². The first-order chi connectivity index (χ1) is 14.2. The Bertz CT molecular complexity index is 910. The SMILES string of the molecule is COc1ccc(N(CC(=O)NCCCc2ccc(OC(C)C)cc2)S(C)(=O)=O)cc1. The molecule has 0 bridgehead atoms. The molecule has 7 nitrogen and oxygen atoms in total. The number of nitrogens with one attached hydrogen (secondary N) is 1. The molecule has 0 spiro atoms. The zero-order chi connectivity index (χ0) is 22.1. The number of sulfonamides is 1. The number of anilines is 1. The van der Waals surface area contributed by atoms with Crippen molar-refractivity contribution >= 4 is 21.6 Å². The molecule has 2 rings (SSSR count). The highest BCUT2D eigenvalue weighted by Gasteiger charge is 2.20. The largest absolute Gasteiger partial charge is 0.497 e.